The molecule has 0 aromatic carbocycles. The van der Waals surface area contributed by atoms with Gasteiger partial charge >= 0.3 is 0 Å². The van der Waals surface area contributed by atoms with Crippen LogP contribution in [0.2, 0.25) is 0 Å². The van der Waals surface area contributed by atoms with E-state index in [0.29, 0.717) is 6.04 Å². The molecular weight excluding hydrogens is 280 g/mol. The van der Waals surface area contributed by atoms with Crippen molar-refractivity contribution in [1.29, 1.82) is 0 Å². The van der Waals surface area contributed by atoms with Crippen molar-refractivity contribution >= 4 is 21.6 Å². The Morgan fingerprint density at radius 1 is 1.42 bits per heavy atom. The molecule has 1 saturated heterocycles. The van der Waals surface area contributed by atoms with Crippen LogP contribution in [-0.2, 0) is 9.84 Å². The van der Waals surface area contributed by atoms with Crippen molar-refractivity contribution in [3.05, 3.63) is 0 Å². The minimum atomic E-state index is -2.95. The molecule has 0 bridgehead atoms. The first-order chi connectivity index (χ1) is 9.01. The minimum absolute atomic E-state index is 0.244. The van der Waals surface area contributed by atoms with Crippen LogP contribution in [0.1, 0.15) is 33.6 Å². The molecule has 0 aromatic rings. The summed E-state index contributed by atoms with van der Waals surface area (Å²) in [6.07, 6.45) is 2.36. The molecule has 0 spiro atoms. The zero-order valence-electron chi connectivity index (χ0n) is 12.4. The quantitative estimate of drug-likeness (QED) is 0.738. The van der Waals surface area contributed by atoms with Gasteiger partial charge in [-0.05, 0) is 13.3 Å². The summed E-state index contributed by atoms with van der Waals surface area (Å²) in [5, 5.41) is 3.20. The predicted octanol–water partition coefficient (Wildman–Crippen LogP) is 1.57. The summed E-state index contributed by atoms with van der Waals surface area (Å²) < 4.78 is 24.2. The molecule has 19 heavy (non-hydrogen) atoms. The molecule has 0 radical (unpaired) electrons. The van der Waals surface area contributed by atoms with Crippen LogP contribution in [0.25, 0.3) is 0 Å². The van der Waals surface area contributed by atoms with E-state index in [1.165, 1.54) is 12.8 Å². The molecule has 0 aromatic heterocycles. The van der Waals surface area contributed by atoms with Gasteiger partial charge in [0.2, 0.25) is 0 Å². The predicted molar refractivity (Wildman–Crippen MR) is 84.5 cm³/mol. The van der Waals surface area contributed by atoms with Crippen LogP contribution >= 0.6 is 11.8 Å². The number of hydrogen-bond acceptors (Lipinski definition) is 5. The summed E-state index contributed by atoms with van der Waals surface area (Å²) >= 11 is 1.76. The van der Waals surface area contributed by atoms with Crippen molar-refractivity contribution in [2.45, 2.75) is 45.0 Å². The lowest BCUT2D eigenvalue weighted by Crippen LogP contribution is -2.50. The molecular formula is C13H28N2O2S2. The Hall–Kier alpha value is 0.220. The highest BCUT2D eigenvalue weighted by Gasteiger charge is 2.32. The molecule has 1 rings (SSSR count). The lowest BCUT2D eigenvalue weighted by Gasteiger charge is -2.34. The summed E-state index contributed by atoms with van der Waals surface area (Å²) in [6.45, 7) is 8.71. The van der Waals surface area contributed by atoms with E-state index in [4.69, 9.17) is 0 Å². The average molecular weight is 309 g/mol. The van der Waals surface area contributed by atoms with E-state index in [1.54, 1.807) is 18.7 Å². The van der Waals surface area contributed by atoms with Crippen molar-refractivity contribution < 1.29 is 8.42 Å². The van der Waals surface area contributed by atoms with Crippen molar-refractivity contribution in [2.75, 3.05) is 36.9 Å². The van der Waals surface area contributed by atoms with Crippen LogP contribution in [0.5, 0.6) is 0 Å². The van der Waals surface area contributed by atoms with Gasteiger partial charge in [0.05, 0.1) is 0 Å². The highest BCUT2D eigenvalue weighted by atomic mass is 32.2. The van der Waals surface area contributed by atoms with E-state index in [0.717, 1.165) is 31.1 Å². The second kappa shape index (κ2) is 8.49. The first kappa shape index (κ1) is 17.3. The number of nitrogens with one attached hydrogen (secondary N) is 1. The molecule has 1 aliphatic heterocycles. The number of hydrogen-bond donors (Lipinski definition) is 1. The zero-order chi connectivity index (χ0) is 14.3. The normalized spacial score (nSPS) is 23.4. The van der Waals surface area contributed by atoms with Crippen LogP contribution in [0.3, 0.4) is 0 Å². The Balaban J connectivity index is 2.45. The third-order valence-electron chi connectivity index (χ3n) is 3.62. The molecule has 6 heteroatoms. The van der Waals surface area contributed by atoms with Crippen molar-refractivity contribution in [3.8, 4) is 0 Å². The molecule has 1 N–H and O–H groups in total. The van der Waals surface area contributed by atoms with Gasteiger partial charge in [0.15, 0.2) is 9.84 Å². The van der Waals surface area contributed by atoms with Crippen LogP contribution in [0.15, 0.2) is 0 Å². The van der Waals surface area contributed by atoms with E-state index in [9.17, 15) is 8.42 Å². The minimum Gasteiger partial charge on any atom is -0.313 e. The van der Waals surface area contributed by atoms with Gasteiger partial charge in [0.1, 0.15) is 5.37 Å². The second-order valence-corrected chi connectivity index (χ2v) is 8.76. The van der Waals surface area contributed by atoms with Crippen molar-refractivity contribution in [1.82, 2.24) is 10.2 Å². The van der Waals surface area contributed by atoms with Crippen molar-refractivity contribution in [2.24, 2.45) is 0 Å². The Morgan fingerprint density at radius 2 is 2.16 bits per heavy atom. The highest BCUT2D eigenvalue weighted by molar-refractivity contribution is 8.01. The lowest BCUT2D eigenvalue weighted by molar-refractivity contribution is 0.265. The van der Waals surface area contributed by atoms with E-state index >= 15 is 0 Å². The van der Waals surface area contributed by atoms with Crippen molar-refractivity contribution in [3.63, 3.8) is 0 Å². The molecule has 1 aliphatic rings. The maximum atomic E-state index is 12.1. The van der Waals surface area contributed by atoms with Crippen LogP contribution in [-0.4, -0.2) is 61.6 Å². The topological polar surface area (TPSA) is 49.4 Å². The Morgan fingerprint density at radius 3 is 2.79 bits per heavy atom. The van der Waals surface area contributed by atoms with Gasteiger partial charge in [-0.1, -0.05) is 20.3 Å². The first-order valence-electron chi connectivity index (χ1n) is 7.28. The molecule has 0 aliphatic carbocycles. The summed E-state index contributed by atoms with van der Waals surface area (Å²) in [5.74, 6) is 2.01. The van der Waals surface area contributed by atoms with Gasteiger partial charge in [0.25, 0.3) is 0 Å². The van der Waals surface area contributed by atoms with Gasteiger partial charge in [0, 0.05) is 42.9 Å². The first-order valence-corrected chi connectivity index (χ1v) is 10.1. The van der Waals surface area contributed by atoms with E-state index in [-0.39, 0.29) is 11.1 Å². The summed E-state index contributed by atoms with van der Waals surface area (Å²) in [5.41, 5.74) is 0. The molecule has 0 saturated carbocycles. The summed E-state index contributed by atoms with van der Waals surface area (Å²) in [7, 11) is -2.95. The standard InChI is InChI=1S/C13H28N2O2S2/c1-4-6-12(3)14-7-8-15-9-10-18-11-13(15)19(16,17)5-2/h12-14H,4-11H2,1-3H3. The SMILES string of the molecule is CCCC(C)NCCN1CCSCC1S(=O)(=O)CC. The number of rotatable bonds is 8. The molecule has 114 valence electrons. The largest absolute Gasteiger partial charge is 0.313 e. The zero-order valence-corrected chi connectivity index (χ0v) is 14.0. The lowest BCUT2D eigenvalue weighted by atomic mass is 10.2. The van der Waals surface area contributed by atoms with Gasteiger partial charge in [-0.25, -0.2) is 8.42 Å². The van der Waals surface area contributed by atoms with E-state index in [2.05, 4.69) is 24.1 Å². The number of nitrogens with zero attached hydrogens (tertiary/aromatic N) is 1. The maximum absolute atomic E-state index is 12.1. The smallest absolute Gasteiger partial charge is 0.166 e. The third kappa shape index (κ3) is 5.61. The number of sulfone groups is 1. The highest BCUT2D eigenvalue weighted by Crippen LogP contribution is 2.20. The molecule has 1 fully saturated rings. The molecule has 4 nitrogen and oxygen atoms in total. The molecule has 2 unspecified atom stereocenters. The molecule has 1 heterocycles. The Labute approximate surface area is 122 Å². The van der Waals surface area contributed by atoms with Crippen LogP contribution in [0.4, 0.5) is 0 Å². The van der Waals surface area contributed by atoms with Gasteiger partial charge in [-0.15, -0.1) is 0 Å². The summed E-state index contributed by atoms with van der Waals surface area (Å²) in [4.78, 5) is 2.14. The second-order valence-electron chi connectivity index (χ2n) is 5.16. The van der Waals surface area contributed by atoms with Gasteiger partial charge in [-0.3, -0.25) is 4.90 Å². The summed E-state index contributed by atoms with van der Waals surface area (Å²) in [6, 6.07) is 0.519. The fourth-order valence-corrected chi connectivity index (χ4v) is 5.49. The van der Waals surface area contributed by atoms with E-state index < -0.39 is 9.84 Å². The Kier molecular flexibility index (Phi) is 7.72. The number of thioether (sulfide) groups is 1. The van der Waals surface area contributed by atoms with Gasteiger partial charge < -0.3 is 5.32 Å². The fraction of sp³-hybridized carbons (Fsp3) is 1.00. The maximum Gasteiger partial charge on any atom is 0.166 e. The van der Waals surface area contributed by atoms with Gasteiger partial charge in [-0.2, -0.15) is 11.8 Å². The fourth-order valence-electron chi connectivity index (χ4n) is 2.38. The molecule has 2 atom stereocenters. The third-order valence-corrected chi connectivity index (χ3v) is 6.95. The van der Waals surface area contributed by atoms with Crippen LogP contribution < -0.4 is 5.32 Å². The Bertz CT molecular complexity index is 347. The average Bonchev–Trinajstić information content (AvgIpc) is 2.39. The van der Waals surface area contributed by atoms with Crippen LogP contribution in [0, 0.1) is 0 Å². The molecule has 0 amide bonds. The van der Waals surface area contributed by atoms with E-state index in [1.807, 2.05) is 0 Å². The monoisotopic (exact) mass is 308 g/mol.